The highest BCUT2D eigenvalue weighted by Crippen LogP contribution is 2.46. The molecule has 1 aliphatic carbocycles. The lowest BCUT2D eigenvalue weighted by Crippen LogP contribution is -2.47. The first-order valence-corrected chi connectivity index (χ1v) is 12.1. The zero-order valence-electron chi connectivity index (χ0n) is 18.9. The fourth-order valence-electron chi connectivity index (χ4n) is 5.24. The molecule has 0 bridgehead atoms. The van der Waals surface area contributed by atoms with Gasteiger partial charge in [0.15, 0.2) is 11.6 Å². The Bertz CT molecular complexity index is 1320. The van der Waals surface area contributed by atoms with Crippen LogP contribution in [0.4, 0.5) is 10.1 Å². The van der Waals surface area contributed by atoms with Crippen LogP contribution in [0.15, 0.2) is 15.7 Å². The van der Waals surface area contributed by atoms with Gasteiger partial charge in [-0.05, 0) is 63.2 Å². The van der Waals surface area contributed by atoms with Crippen LogP contribution in [0, 0.1) is 11.7 Å². The highest BCUT2D eigenvalue weighted by Gasteiger charge is 2.38. The van der Waals surface area contributed by atoms with Gasteiger partial charge in [-0.3, -0.25) is 14.0 Å². The van der Waals surface area contributed by atoms with Crippen LogP contribution in [0.1, 0.15) is 46.1 Å². The van der Waals surface area contributed by atoms with E-state index in [2.05, 4.69) is 30.5 Å². The Hall–Kier alpha value is -2.39. The Balaban J connectivity index is 1.73. The Morgan fingerprint density at radius 3 is 2.72 bits per heavy atom. The standard InChI is InChI=1S/C23H29FN4O3S/c1-5-25-23(2,3)12-8-9-27(11-12)18-15(24)10-14-17(20(18)31-4)28(13-6-7-13)22-16(19(14)29)21(30)26-32-22/h10,12-13,25H,5-9,11H2,1-4H3,(H,26,30). The average molecular weight is 461 g/mol. The average Bonchev–Trinajstić information content (AvgIpc) is 3.32. The van der Waals surface area contributed by atoms with Crippen LogP contribution >= 0.6 is 11.5 Å². The maximum absolute atomic E-state index is 15.6. The summed E-state index contributed by atoms with van der Waals surface area (Å²) < 4.78 is 26.1. The minimum absolute atomic E-state index is 0.0658. The summed E-state index contributed by atoms with van der Waals surface area (Å²) in [6.07, 6.45) is 2.85. The largest absolute Gasteiger partial charge is 0.492 e. The number of hydrogen-bond acceptors (Lipinski definition) is 6. The van der Waals surface area contributed by atoms with Gasteiger partial charge in [0, 0.05) is 24.7 Å². The number of anilines is 1. The van der Waals surface area contributed by atoms with Gasteiger partial charge in [-0.1, -0.05) is 6.92 Å². The summed E-state index contributed by atoms with van der Waals surface area (Å²) in [7, 11) is 1.53. The van der Waals surface area contributed by atoms with Crippen molar-refractivity contribution in [2.24, 2.45) is 5.92 Å². The number of H-pyrrole nitrogens is 1. The van der Waals surface area contributed by atoms with Gasteiger partial charge in [-0.2, -0.15) is 0 Å². The van der Waals surface area contributed by atoms with Crippen LogP contribution in [-0.2, 0) is 0 Å². The third kappa shape index (κ3) is 3.16. The van der Waals surface area contributed by atoms with E-state index in [9.17, 15) is 9.59 Å². The van der Waals surface area contributed by atoms with Gasteiger partial charge in [-0.15, -0.1) is 0 Å². The van der Waals surface area contributed by atoms with E-state index in [0.717, 1.165) is 37.3 Å². The summed E-state index contributed by atoms with van der Waals surface area (Å²) in [5.41, 5.74) is 0.0804. The molecule has 3 heterocycles. The number of aromatic nitrogens is 2. The second kappa shape index (κ2) is 7.59. The molecule has 1 aromatic carbocycles. The van der Waals surface area contributed by atoms with Crippen LogP contribution in [0.25, 0.3) is 21.1 Å². The summed E-state index contributed by atoms with van der Waals surface area (Å²) in [5.74, 6) is 0.251. The van der Waals surface area contributed by atoms with E-state index >= 15 is 4.39 Å². The third-order valence-corrected chi connectivity index (χ3v) is 7.95. The monoisotopic (exact) mass is 460 g/mol. The first-order chi connectivity index (χ1) is 15.3. The van der Waals surface area contributed by atoms with E-state index in [4.69, 9.17) is 4.74 Å². The number of nitrogens with zero attached hydrogens (tertiary/aromatic N) is 2. The molecule has 1 aliphatic heterocycles. The third-order valence-electron chi connectivity index (χ3n) is 7.07. The van der Waals surface area contributed by atoms with Gasteiger partial charge in [0.25, 0.3) is 5.56 Å². The predicted molar refractivity (Wildman–Crippen MR) is 127 cm³/mol. The molecule has 7 nitrogen and oxygen atoms in total. The van der Waals surface area contributed by atoms with Gasteiger partial charge >= 0.3 is 0 Å². The molecule has 1 saturated heterocycles. The number of rotatable bonds is 6. The molecule has 0 amide bonds. The van der Waals surface area contributed by atoms with E-state index in [-0.39, 0.29) is 22.4 Å². The lowest BCUT2D eigenvalue weighted by molar-refractivity contribution is 0.276. The number of methoxy groups -OCH3 is 1. The van der Waals surface area contributed by atoms with Gasteiger partial charge in [0.1, 0.15) is 15.9 Å². The van der Waals surface area contributed by atoms with Crippen molar-refractivity contribution in [2.75, 3.05) is 31.6 Å². The molecule has 2 aromatic heterocycles. The Labute approximate surface area is 189 Å². The van der Waals surface area contributed by atoms with Crippen LogP contribution in [-0.4, -0.2) is 41.2 Å². The van der Waals surface area contributed by atoms with Crippen molar-refractivity contribution >= 4 is 38.3 Å². The predicted octanol–water partition coefficient (Wildman–Crippen LogP) is 3.60. The lowest BCUT2D eigenvalue weighted by atomic mass is 9.87. The van der Waals surface area contributed by atoms with Gasteiger partial charge < -0.3 is 19.5 Å². The van der Waals surface area contributed by atoms with Crippen molar-refractivity contribution in [1.82, 2.24) is 14.3 Å². The van der Waals surface area contributed by atoms with Crippen molar-refractivity contribution in [2.45, 2.75) is 51.6 Å². The number of pyridine rings is 1. The first-order valence-electron chi connectivity index (χ1n) is 11.2. The quantitative estimate of drug-likeness (QED) is 0.588. The highest BCUT2D eigenvalue weighted by atomic mass is 32.1. The molecule has 3 aromatic rings. The minimum atomic E-state index is -0.485. The molecule has 172 valence electrons. The van der Waals surface area contributed by atoms with Crippen LogP contribution in [0.3, 0.4) is 0 Å². The van der Waals surface area contributed by atoms with Gasteiger partial charge in [0.05, 0.1) is 18.0 Å². The molecule has 2 N–H and O–H groups in total. The molecule has 2 aliphatic rings. The van der Waals surface area contributed by atoms with E-state index in [0.29, 0.717) is 40.8 Å². The fraction of sp³-hybridized carbons (Fsp3) is 0.565. The fourth-order valence-corrected chi connectivity index (χ4v) is 6.16. The van der Waals surface area contributed by atoms with E-state index in [1.165, 1.54) is 13.2 Å². The summed E-state index contributed by atoms with van der Waals surface area (Å²) in [4.78, 5) is 28.2. The summed E-state index contributed by atoms with van der Waals surface area (Å²) in [6.45, 7) is 8.76. The number of hydrogen-bond donors (Lipinski definition) is 2. The normalized spacial score (nSPS) is 19.4. The van der Waals surface area contributed by atoms with Crippen molar-refractivity contribution in [1.29, 1.82) is 0 Å². The number of halogens is 1. The molecule has 2 fully saturated rings. The molecule has 1 unspecified atom stereocenters. The van der Waals surface area contributed by atoms with Crippen molar-refractivity contribution < 1.29 is 9.13 Å². The molecule has 0 spiro atoms. The highest BCUT2D eigenvalue weighted by molar-refractivity contribution is 7.12. The zero-order valence-corrected chi connectivity index (χ0v) is 19.7. The molecule has 9 heteroatoms. The molecular formula is C23H29FN4O3S. The molecule has 5 rings (SSSR count). The van der Waals surface area contributed by atoms with Crippen LogP contribution in [0.5, 0.6) is 5.75 Å². The molecule has 1 atom stereocenters. The maximum Gasteiger partial charge on any atom is 0.271 e. The molecule has 1 saturated carbocycles. The number of benzene rings is 1. The second-order valence-electron chi connectivity index (χ2n) is 9.46. The van der Waals surface area contributed by atoms with Gasteiger partial charge in [-0.25, -0.2) is 4.39 Å². The van der Waals surface area contributed by atoms with Crippen molar-refractivity contribution in [3.05, 3.63) is 32.5 Å². The first kappa shape index (κ1) is 21.5. The number of nitrogens with one attached hydrogen (secondary N) is 2. The molecule has 32 heavy (non-hydrogen) atoms. The van der Waals surface area contributed by atoms with Gasteiger partial charge in [0.2, 0.25) is 5.43 Å². The number of aromatic amines is 1. The van der Waals surface area contributed by atoms with Crippen molar-refractivity contribution in [3.63, 3.8) is 0 Å². The van der Waals surface area contributed by atoms with Crippen molar-refractivity contribution in [3.8, 4) is 5.75 Å². The zero-order chi connectivity index (χ0) is 22.8. The maximum atomic E-state index is 15.6. The topological polar surface area (TPSA) is 79.4 Å². The summed E-state index contributed by atoms with van der Waals surface area (Å²) >= 11 is 1.16. The Kier molecular flexibility index (Phi) is 5.09. The van der Waals surface area contributed by atoms with E-state index < -0.39 is 16.8 Å². The van der Waals surface area contributed by atoms with Crippen LogP contribution < -0.4 is 25.9 Å². The lowest BCUT2D eigenvalue weighted by Gasteiger charge is -2.33. The minimum Gasteiger partial charge on any atom is -0.492 e. The smallest absolute Gasteiger partial charge is 0.271 e. The Morgan fingerprint density at radius 2 is 2.06 bits per heavy atom. The molecule has 0 radical (unpaired) electrons. The summed E-state index contributed by atoms with van der Waals surface area (Å²) in [5, 5.41) is 3.85. The number of fused-ring (bicyclic) bond motifs is 2. The van der Waals surface area contributed by atoms with E-state index in [1.54, 1.807) is 0 Å². The number of ether oxygens (including phenoxy) is 1. The van der Waals surface area contributed by atoms with E-state index in [1.807, 2.05) is 9.47 Å². The summed E-state index contributed by atoms with van der Waals surface area (Å²) in [6, 6.07) is 1.48. The van der Waals surface area contributed by atoms with Crippen LogP contribution in [0.2, 0.25) is 0 Å². The second-order valence-corrected chi connectivity index (χ2v) is 10.3. The SMILES string of the molecule is CCNC(C)(C)C1CCN(c2c(F)cc3c(=O)c4c(=O)[nH]sc4n(C4CC4)c3c2OC)C1. The Morgan fingerprint density at radius 1 is 1.31 bits per heavy atom. The molecular weight excluding hydrogens is 431 g/mol.